The molecular formula is C15H13Cl2N5O2S. The van der Waals surface area contributed by atoms with Crippen LogP contribution in [0.25, 0.3) is 11.6 Å². The average Bonchev–Trinajstić information content (AvgIpc) is 3.06. The van der Waals surface area contributed by atoms with Gasteiger partial charge in [0.15, 0.2) is 11.6 Å². The van der Waals surface area contributed by atoms with Gasteiger partial charge < -0.3 is 4.57 Å². The van der Waals surface area contributed by atoms with Crippen LogP contribution in [0.4, 0.5) is 0 Å². The summed E-state index contributed by atoms with van der Waals surface area (Å²) in [6, 6.07) is 5.99. The maximum Gasteiger partial charge on any atom is 0.242 e. The van der Waals surface area contributed by atoms with Gasteiger partial charge in [0.05, 0.1) is 5.02 Å². The van der Waals surface area contributed by atoms with Gasteiger partial charge in [-0.25, -0.2) is 28.1 Å². The highest BCUT2D eigenvalue weighted by molar-refractivity contribution is 7.89. The molecule has 0 aliphatic heterocycles. The first kappa shape index (κ1) is 17.8. The lowest BCUT2D eigenvalue weighted by atomic mass is 10.4. The predicted molar refractivity (Wildman–Crippen MR) is 94.9 cm³/mol. The Bertz CT molecular complexity index is 977. The molecule has 7 nitrogen and oxygen atoms in total. The third-order valence-electron chi connectivity index (χ3n) is 3.31. The van der Waals surface area contributed by atoms with E-state index in [1.165, 1.54) is 18.2 Å². The van der Waals surface area contributed by atoms with Gasteiger partial charge in [-0.2, -0.15) is 0 Å². The second kappa shape index (κ2) is 7.49. The Labute approximate surface area is 154 Å². The van der Waals surface area contributed by atoms with Crippen molar-refractivity contribution in [3.05, 3.63) is 59.1 Å². The molecule has 0 aliphatic rings. The molecule has 1 N–H and O–H groups in total. The van der Waals surface area contributed by atoms with Crippen molar-refractivity contribution in [3.8, 4) is 11.6 Å². The summed E-state index contributed by atoms with van der Waals surface area (Å²) >= 11 is 11.8. The quantitative estimate of drug-likeness (QED) is 0.690. The van der Waals surface area contributed by atoms with Crippen molar-refractivity contribution < 1.29 is 8.42 Å². The molecule has 0 saturated heterocycles. The summed E-state index contributed by atoms with van der Waals surface area (Å²) in [4.78, 5) is 12.4. The summed E-state index contributed by atoms with van der Waals surface area (Å²) in [6.07, 6.45) is 6.57. The summed E-state index contributed by atoms with van der Waals surface area (Å²) < 4.78 is 29.0. The summed E-state index contributed by atoms with van der Waals surface area (Å²) in [5, 5.41) is 0.404. The van der Waals surface area contributed by atoms with Gasteiger partial charge in [0, 0.05) is 42.9 Å². The van der Waals surface area contributed by atoms with Crippen LogP contribution < -0.4 is 4.72 Å². The Morgan fingerprint density at radius 1 is 1.08 bits per heavy atom. The Morgan fingerprint density at radius 2 is 1.84 bits per heavy atom. The smallest absolute Gasteiger partial charge is 0.242 e. The molecule has 130 valence electrons. The Hall–Kier alpha value is -2.00. The van der Waals surface area contributed by atoms with Crippen LogP contribution in [-0.2, 0) is 16.6 Å². The number of sulfonamides is 1. The van der Waals surface area contributed by atoms with Crippen LogP contribution in [0.1, 0.15) is 0 Å². The molecule has 0 fully saturated rings. The summed E-state index contributed by atoms with van der Waals surface area (Å²) in [7, 11) is -3.78. The number of benzene rings is 1. The zero-order chi connectivity index (χ0) is 17.9. The van der Waals surface area contributed by atoms with Gasteiger partial charge in [0.2, 0.25) is 10.0 Å². The number of nitrogens with one attached hydrogen (secondary N) is 1. The molecule has 10 heteroatoms. The highest BCUT2D eigenvalue weighted by atomic mass is 35.5. The highest BCUT2D eigenvalue weighted by Crippen LogP contribution is 2.24. The molecule has 3 aromatic rings. The standard InChI is InChI=1S/C15H13Cl2N5O2S/c16-11-2-3-12(17)13(10-11)25(23,24)21-7-9-22-8-6-20-15(22)14-18-4-1-5-19-14/h1-6,8,10,21H,7,9H2. The monoisotopic (exact) mass is 397 g/mol. The number of imidazole rings is 1. The van der Waals surface area contributed by atoms with Crippen LogP contribution in [0.3, 0.4) is 0 Å². The topological polar surface area (TPSA) is 89.8 Å². The fraction of sp³-hybridized carbons (Fsp3) is 0.133. The van der Waals surface area contributed by atoms with E-state index in [0.717, 1.165) is 0 Å². The molecule has 0 radical (unpaired) electrons. The Balaban J connectivity index is 1.72. The fourth-order valence-corrected chi connectivity index (χ4v) is 3.95. The number of aromatic nitrogens is 4. The molecule has 0 atom stereocenters. The third-order valence-corrected chi connectivity index (χ3v) is 5.49. The second-order valence-corrected chi connectivity index (χ2v) is 7.57. The SMILES string of the molecule is O=S(=O)(NCCn1ccnc1-c1ncccn1)c1cc(Cl)ccc1Cl. The van der Waals surface area contributed by atoms with Gasteiger partial charge in [-0.05, 0) is 24.3 Å². The first-order valence-electron chi connectivity index (χ1n) is 7.20. The molecular weight excluding hydrogens is 385 g/mol. The van der Waals surface area contributed by atoms with E-state index in [2.05, 4.69) is 19.7 Å². The predicted octanol–water partition coefficient (Wildman–Crippen LogP) is 2.63. The van der Waals surface area contributed by atoms with E-state index in [0.29, 0.717) is 23.2 Å². The van der Waals surface area contributed by atoms with Gasteiger partial charge in [0.25, 0.3) is 0 Å². The maximum atomic E-state index is 12.4. The van der Waals surface area contributed by atoms with Crippen molar-refractivity contribution in [2.75, 3.05) is 6.54 Å². The van der Waals surface area contributed by atoms with Crippen molar-refractivity contribution in [2.24, 2.45) is 0 Å². The number of hydrogen-bond acceptors (Lipinski definition) is 5. The van der Waals surface area contributed by atoms with E-state index in [1.807, 2.05) is 0 Å². The molecule has 0 spiro atoms. The molecule has 0 bridgehead atoms. The Morgan fingerprint density at radius 3 is 2.60 bits per heavy atom. The van der Waals surface area contributed by atoms with Crippen LogP contribution >= 0.6 is 23.2 Å². The number of halogens is 2. The molecule has 2 aromatic heterocycles. The van der Waals surface area contributed by atoms with Crippen LogP contribution in [0.15, 0.2) is 53.9 Å². The molecule has 0 saturated carbocycles. The van der Waals surface area contributed by atoms with E-state index in [-0.39, 0.29) is 16.5 Å². The van der Waals surface area contributed by atoms with Crippen molar-refractivity contribution in [3.63, 3.8) is 0 Å². The van der Waals surface area contributed by atoms with Gasteiger partial charge in [-0.1, -0.05) is 23.2 Å². The molecule has 3 rings (SSSR count). The third kappa shape index (κ3) is 4.16. The summed E-state index contributed by atoms with van der Waals surface area (Å²) in [5.74, 6) is 1.02. The largest absolute Gasteiger partial charge is 0.327 e. The van der Waals surface area contributed by atoms with E-state index in [9.17, 15) is 8.42 Å². The molecule has 1 aromatic carbocycles. The lowest BCUT2D eigenvalue weighted by Gasteiger charge is -2.10. The minimum atomic E-state index is -3.78. The molecule has 0 amide bonds. The zero-order valence-corrected chi connectivity index (χ0v) is 15.1. The van der Waals surface area contributed by atoms with Crippen molar-refractivity contribution in [1.29, 1.82) is 0 Å². The van der Waals surface area contributed by atoms with Crippen LogP contribution in [0.2, 0.25) is 10.0 Å². The minimum Gasteiger partial charge on any atom is -0.327 e. The van der Waals surface area contributed by atoms with E-state index >= 15 is 0 Å². The molecule has 0 aliphatic carbocycles. The zero-order valence-electron chi connectivity index (χ0n) is 12.8. The molecule has 25 heavy (non-hydrogen) atoms. The number of rotatable bonds is 6. The minimum absolute atomic E-state index is 0.0566. The maximum absolute atomic E-state index is 12.4. The van der Waals surface area contributed by atoms with E-state index in [4.69, 9.17) is 23.2 Å². The lowest BCUT2D eigenvalue weighted by Crippen LogP contribution is -2.27. The fourth-order valence-electron chi connectivity index (χ4n) is 2.17. The van der Waals surface area contributed by atoms with Crippen LogP contribution in [-0.4, -0.2) is 34.5 Å². The van der Waals surface area contributed by atoms with Crippen molar-refractivity contribution >= 4 is 33.2 Å². The first-order chi connectivity index (χ1) is 12.0. The van der Waals surface area contributed by atoms with Crippen LogP contribution in [0.5, 0.6) is 0 Å². The summed E-state index contributed by atoms with van der Waals surface area (Å²) in [5.41, 5.74) is 0. The highest BCUT2D eigenvalue weighted by Gasteiger charge is 2.18. The van der Waals surface area contributed by atoms with E-state index in [1.54, 1.807) is 35.4 Å². The first-order valence-corrected chi connectivity index (χ1v) is 9.44. The van der Waals surface area contributed by atoms with Crippen LogP contribution in [0, 0.1) is 0 Å². The van der Waals surface area contributed by atoms with Gasteiger partial charge in [-0.3, -0.25) is 0 Å². The van der Waals surface area contributed by atoms with Crippen molar-refractivity contribution in [2.45, 2.75) is 11.4 Å². The average molecular weight is 398 g/mol. The van der Waals surface area contributed by atoms with Crippen molar-refractivity contribution in [1.82, 2.24) is 24.2 Å². The number of nitrogens with zero attached hydrogens (tertiary/aromatic N) is 4. The molecule has 0 unspecified atom stereocenters. The number of hydrogen-bond donors (Lipinski definition) is 1. The summed E-state index contributed by atoms with van der Waals surface area (Å²) in [6.45, 7) is 0.492. The van der Waals surface area contributed by atoms with Gasteiger partial charge >= 0.3 is 0 Å². The van der Waals surface area contributed by atoms with Gasteiger partial charge in [0.1, 0.15) is 4.90 Å². The normalized spacial score (nSPS) is 11.6. The van der Waals surface area contributed by atoms with Gasteiger partial charge in [-0.15, -0.1) is 0 Å². The second-order valence-electron chi connectivity index (χ2n) is 4.99. The Kier molecular flexibility index (Phi) is 5.33. The molecule has 2 heterocycles. The lowest BCUT2D eigenvalue weighted by molar-refractivity contribution is 0.573. The van der Waals surface area contributed by atoms with E-state index < -0.39 is 10.0 Å².